The van der Waals surface area contributed by atoms with E-state index >= 15 is 0 Å². The smallest absolute Gasteiger partial charge is 0.306 e. The number of primary amides is 1. The molecule has 1 aliphatic heterocycles. The van der Waals surface area contributed by atoms with Crippen LogP contribution in [0.15, 0.2) is 18.2 Å². The molecule has 128 valence electrons. The Hall–Kier alpha value is -2.90. The van der Waals surface area contributed by atoms with Crippen LogP contribution in [-0.2, 0) is 19.1 Å². The van der Waals surface area contributed by atoms with Crippen molar-refractivity contribution in [3.05, 3.63) is 23.8 Å². The lowest BCUT2D eigenvalue weighted by Gasteiger charge is -2.28. The van der Waals surface area contributed by atoms with E-state index in [1.165, 1.54) is 11.0 Å². The number of ether oxygens (including phenoxy) is 2. The van der Waals surface area contributed by atoms with Crippen molar-refractivity contribution < 1.29 is 28.7 Å². The first-order chi connectivity index (χ1) is 11.4. The molecular weight excluding hydrogens is 316 g/mol. The summed E-state index contributed by atoms with van der Waals surface area (Å²) in [4.78, 5) is 47.8. The molecule has 2 amide bonds. The third kappa shape index (κ3) is 4.09. The molecule has 1 heterocycles. The first kappa shape index (κ1) is 17.5. The predicted octanol–water partition coefficient (Wildman–Crippen LogP) is 0.423. The number of anilines is 1. The fraction of sp³-hybridized carbons (Fsp3) is 0.375. The predicted molar refractivity (Wildman–Crippen MR) is 83.7 cm³/mol. The zero-order valence-electron chi connectivity index (χ0n) is 13.2. The Morgan fingerprint density at radius 3 is 2.71 bits per heavy atom. The van der Waals surface area contributed by atoms with Gasteiger partial charge in [0, 0.05) is 12.0 Å². The van der Waals surface area contributed by atoms with Crippen LogP contribution in [0.1, 0.15) is 30.1 Å². The molecule has 0 atom stereocenters. The SMILES string of the molecule is CCOC(=O)CCC(=O)c1ccc2c(c1)N(CC(N)=O)C(=O)CO2. The quantitative estimate of drug-likeness (QED) is 0.571. The molecule has 0 saturated heterocycles. The number of Topliss-reactive ketones (excluding diaryl/α,β-unsaturated/α-hetero) is 1. The third-order valence-electron chi connectivity index (χ3n) is 3.40. The largest absolute Gasteiger partial charge is 0.482 e. The number of carbonyl (C=O) groups is 4. The van der Waals surface area contributed by atoms with Crippen LogP contribution >= 0.6 is 0 Å². The van der Waals surface area contributed by atoms with Gasteiger partial charge in [0.05, 0.1) is 18.7 Å². The van der Waals surface area contributed by atoms with Gasteiger partial charge < -0.3 is 15.2 Å². The molecule has 0 aliphatic carbocycles. The van der Waals surface area contributed by atoms with Gasteiger partial charge in [-0.2, -0.15) is 0 Å². The van der Waals surface area contributed by atoms with Crippen molar-refractivity contribution in [1.82, 2.24) is 0 Å². The Bertz CT molecular complexity index is 685. The topological polar surface area (TPSA) is 116 Å². The highest BCUT2D eigenvalue weighted by Crippen LogP contribution is 2.33. The van der Waals surface area contributed by atoms with Crippen molar-refractivity contribution in [1.29, 1.82) is 0 Å². The number of esters is 1. The summed E-state index contributed by atoms with van der Waals surface area (Å²) in [6.45, 7) is 1.45. The van der Waals surface area contributed by atoms with E-state index < -0.39 is 17.8 Å². The third-order valence-corrected chi connectivity index (χ3v) is 3.40. The summed E-state index contributed by atoms with van der Waals surface area (Å²) < 4.78 is 10.1. The maximum atomic E-state index is 12.2. The number of rotatable bonds is 7. The molecule has 24 heavy (non-hydrogen) atoms. The molecule has 8 heteroatoms. The number of nitrogens with two attached hydrogens (primary N) is 1. The highest BCUT2D eigenvalue weighted by atomic mass is 16.5. The summed E-state index contributed by atoms with van der Waals surface area (Å²) in [7, 11) is 0. The number of ketones is 1. The van der Waals surface area contributed by atoms with Crippen LogP contribution in [0, 0.1) is 0 Å². The number of hydrogen-bond acceptors (Lipinski definition) is 6. The number of hydrogen-bond donors (Lipinski definition) is 1. The molecule has 1 aromatic rings. The van der Waals surface area contributed by atoms with Gasteiger partial charge in [-0.1, -0.05) is 0 Å². The highest BCUT2D eigenvalue weighted by Gasteiger charge is 2.27. The Morgan fingerprint density at radius 2 is 2.04 bits per heavy atom. The number of fused-ring (bicyclic) bond motifs is 1. The second-order valence-corrected chi connectivity index (χ2v) is 5.15. The van der Waals surface area contributed by atoms with E-state index in [9.17, 15) is 19.2 Å². The molecule has 0 spiro atoms. The van der Waals surface area contributed by atoms with Crippen molar-refractivity contribution in [2.75, 3.05) is 24.7 Å². The second kappa shape index (κ2) is 7.58. The fourth-order valence-corrected chi connectivity index (χ4v) is 2.30. The minimum atomic E-state index is -0.671. The number of carbonyl (C=O) groups excluding carboxylic acids is 4. The Morgan fingerprint density at radius 1 is 1.29 bits per heavy atom. The lowest BCUT2D eigenvalue weighted by Crippen LogP contribution is -2.43. The lowest BCUT2D eigenvalue weighted by molar-refractivity contribution is -0.143. The van der Waals surface area contributed by atoms with Crippen LogP contribution in [0.25, 0.3) is 0 Å². The summed E-state index contributed by atoms with van der Waals surface area (Å²) in [5, 5.41) is 0. The molecule has 0 saturated carbocycles. The molecule has 0 radical (unpaired) electrons. The molecular formula is C16H18N2O6. The average molecular weight is 334 g/mol. The van der Waals surface area contributed by atoms with Crippen LogP contribution in [0.3, 0.4) is 0 Å². The summed E-state index contributed by atoms with van der Waals surface area (Å²) in [5.74, 6) is -1.42. The van der Waals surface area contributed by atoms with E-state index in [1.807, 2.05) is 0 Å². The molecule has 2 rings (SSSR count). The zero-order chi connectivity index (χ0) is 17.7. The number of nitrogens with zero attached hydrogens (tertiary/aromatic N) is 1. The summed E-state index contributed by atoms with van der Waals surface area (Å²) >= 11 is 0. The van der Waals surface area contributed by atoms with Crippen LogP contribution in [-0.4, -0.2) is 43.3 Å². The standard InChI is InChI=1S/C16H18N2O6/c1-2-23-16(22)6-4-12(19)10-3-5-13-11(7-10)18(8-14(17)20)15(21)9-24-13/h3,5,7H,2,4,6,8-9H2,1H3,(H2,17,20). The average Bonchev–Trinajstić information content (AvgIpc) is 2.55. The van der Waals surface area contributed by atoms with Crippen LogP contribution in [0.5, 0.6) is 5.75 Å². The maximum Gasteiger partial charge on any atom is 0.306 e. The first-order valence-electron chi connectivity index (χ1n) is 7.46. The molecule has 0 fully saturated rings. The summed E-state index contributed by atoms with van der Waals surface area (Å²) in [6.07, 6.45) is -0.0353. The number of benzene rings is 1. The van der Waals surface area contributed by atoms with Gasteiger partial charge >= 0.3 is 5.97 Å². The van der Waals surface area contributed by atoms with Crippen LogP contribution in [0.4, 0.5) is 5.69 Å². The first-order valence-corrected chi connectivity index (χ1v) is 7.46. The van der Waals surface area contributed by atoms with Gasteiger partial charge in [0.15, 0.2) is 12.4 Å². The van der Waals surface area contributed by atoms with Gasteiger partial charge in [0.1, 0.15) is 12.3 Å². The lowest BCUT2D eigenvalue weighted by atomic mass is 10.0. The van der Waals surface area contributed by atoms with Gasteiger partial charge in [0.25, 0.3) is 5.91 Å². The Balaban J connectivity index is 2.18. The summed E-state index contributed by atoms with van der Waals surface area (Å²) in [5.41, 5.74) is 5.78. The maximum absolute atomic E-state index is 12.2. The van der Waals surface area contributed by atoms with Crippen LogP contribution in [0.2, 0.25) is 0 Å². The van der Waals surface area contributed by atoms with E-state index in [2.05, 4.69) is 0 Å². The van der Waals surface area contributed by atoms with Crippen LogP contribution < -0.4 is 15.4 Å². The molecule has 8 nitrogen and oxygen atoms in total. The van der Waals surface area contributed by atoms with E-state index in [0.29, 0.717) is 17.0 Å². The van der Waals surface area contributed by atoms with E-state index in [4.69, 9.17) is 15.2 Å². The van der Waals surface area contributed by atoms with Gasteiger partial charge in [-0.25, -0.2) is 0 Å². The molecule has 1 aromatic carbocycles. The number of amides is 2. The minimum absolute atomic E-state index is 0.0117. The second-order valence-electron chi connectivity index (χ2n) is 5.15. The van der Waals surface area contributed by atoms with Crippen molar-refractivity contribution in [3.63, 3.8) is 0 Å². The van der Waals surface area contributed by atoms with Gasteiger partial charge in [-0.3, -0.25) is 24.1 Å². The Labute approximate surface area is 138 Å². The van der Waals surface area contributed by atoms with E-state index in [1.54, 1.807) is 19.1 Å². The Kier molecular flexibility index (Phi) is 5.51. The molecule has 0 aromatic heterocycles. The molecule has 0 bridgehead atoms. The van der Waals surface area contributed by atoms with Crippen molar-refractivity contribution >= 4 is 29.3 Å². The van der Waals surface area contributed by atoms with Gasteiger partial charge in [-0.05, 0) is 25.1 Å². The fourth-order valence-electron chi connectivity index (χ4n) is 2.30. The molecule has 2 N–H and O–H groups in total. The molecule has 0 unspecified atom stereocenters. The van der Waals surface area contributed by atoms with Crippen molar-refractivity contribution in [2.45, 2.75) is 19.8 Å². The van der Waals surface area contributed by atoms with E-state index in [0.717, 1.165) is 0 Å². The van der Waals surface area contributed by atoms with E-state index in [-0.39, 0.29) is 38.4 Å². The van der Waals surface area contributed by atoms with Gasteiger partial charge in [0.2, 0.25) is 5.91 Å². The normalized spacial score (nSPS) is 13.0. The molecule has 1 aliphatic rings. The van der Waals surface area contributed by atoms with Gasteiger partial charge in [-0.15, -0.1) is 0 Å². The monoisotopic (exact) mass is 334 g/mol. The summed E-state index contributed by atoms with van der Waals surface area (Å²) in [6, 6.07) is 4.56. The van der Waals surface area contributed by atoms with Crippen molar-refractivity contribution in [3.8, 4) is 5.75 Å². The minimum Gasteiger partial charge on any atom is -0.482 e. The zero-order valence-corrected chi connectivity index (χ0v) is 13.2. The van der Waals surface area contributed by atoms with Crippen molar-refractivity contribution in [2.24, 2.45) is 5.73 Å². The highest BCUT2D eigenvalue weighted by molar-refractivity contribution is 6.04.